The van der Waals surface area contributed by atoms with E-state index in [0.29, 0.717) is 24.0 Å². The molecule has 0 aliphatic rings. The fourth-order valence-electron chi connectivity index (χ4n) is 1.96. The first kappa shape index (κ1) is 15.0. The summed E-state index contributed by atoms with van der Waals surface area (Å²) in [5, 5.41) is 3.81. The van der Waals surface area contributed by atoms with Crippen LogP contribution in [0.2, 0.25) is 5.02 Å². The fourth-order valence-corrected chi connectivity index (χ4v) is 2.18. The monoisotopic (exact) mass is 295 g/mol. The molecule has 0 fully saturated rings. The number of nitrogens with zero attached hydrogens (tertiary/aromatic N) is 2. The molecule has 0 saturated carbocycles. The molecule has 0 aliphatic heterocycles. The zero-order chi connectivity index (χ0) is 14.5. The Morgan fingerprint density at radius 2 is 2.20 bits per heavy atom. The molecule has 0 bridgehead atoms. The van der Waals surface area contributed by atoms with E-state index in [1.807, 2.05) is 10.8 Å². The minimum Gasteiger partial charge on any atom is -0.329 e. The van der Waals surface area contributed by atoms with Crippen LogP contribution in [-0.4, -0.2) is 16.1 Å². The zero-order valence-electron chi connectivity index (χ0n) is 11.7. The Labute approximate surface area is 123 Å². The molecule has 0 spiro atoms. The predicted molar refractivity (Wildman–Crippen MR) is 79.3 cm³/mol. The van der Waals surface area contributed by atoms with E-state index in [-0.39, 0.29) is 5.82 Å². The number of benzene rings is 1. The minimum absolute atomic E-state index is 0.316. The molecule has 1 heterocycles. The van der Waals surface area contributed by atoms with Gasteiger partial charge in [0, 0.05) is 17.4 Å². The molecule has 0 radical (unpaired) electrons. The van der Waals surface area contributed by atoms with Crippen LogP contribution in [-0.2, 0) is 13.1 Å². The highest BCUT2D eigenvalue weighted by molar-refractivity contribution is 6.31. The van der Waals surface area contributed by atoms with Crippen LogP contribution in [0, 0.1) is 11.7 Å². The number of hydrogen-bond donors (Lipinski definition) is 1. The molecule has 5 heteroatoms. The van der Waals surface area contributed by atoms with Crippen LogP contribution in [0.15, 0.2) is 30.6 Å². The van der Waals surface area contributed by atoms with Crippen LogP contribution in [0.1, 0.15) is 25.2 Å². The first-order valence-corrected chi connectivity index (χ1v) is 7.08. The first-order chi connectivity index (χ1) is 9.56. The smallest absolute Gasteiger partial charge is 0.124 e. The van der Waals surface area contributed by atoms with Crippen molar-refractivity contribution in [2.75, 3.05) is 6.54 Å². The lowest BCUT2D eigenvalue weighted by Crippen LogP contribution is -2.21. The van der Waals surface area contributed by atoms with Gasteiger partial charge in [0.2, 0.25) is 0 Å². The van der Waals surface area contributed by atoms with Crippen molar-refractivity contribution in [1.82, 2.24) is 14.9 Å². The van der Waals surface area contributed by atoms with Crippen LogP contribution in [0.25, 0.3) is 0 Å². The molecular weight excluding hydrogens is 277 g/mol. The van der Waals surface area contributed by atoms with Crippen LogP contribution in [0.3, 0.4) is 0 Å². The third-order valence-electron chi connectivity index (χ3n) is 2.99. The van der Waals surface area contributed by atoms with Crippen LogP contribution < -0.4 is 5.32 Å². The van der Waals surface area contributed by atoms with E-state index in [9.17, 15) is 4.39 Å². The van der Waals surface area contributed by atoms with Crippen LogP contribution in [0.4, 0.5) is 4.39 Å². The Morgan fingerprint density at radius 3 is 2.90 bits per heavy atom. The van der Waals surface area contributed by atoms with E-state index in [1.165, 1.54) is 12.1 Å². The number of nitrogens with one attached hydrogen (secondary N) is 1. The second-order valence-electron chi connectivity index (χ2n) is 5.23. The van der Waals surface area contributed by atoms with E-state index in [4.69, 9.17) is 11.6 Å². The largest absolute Gasteiger partial charge is 0.329 e. The maximum absolute atomic E-state index is 13.0. The summed E-state index contributed by atoms with van der Waals surface area (Å²) in [6, 6.07) is 4.47. The Balaban J connectivity index is 2.04. The van der Waals surface area contributed by atoms with Crippen molar-refractivity contribution in [3.05, 3.63) is 52.8 Å². The van der Waals surface area contributed by atoms with Gasteiger partial charge in [0.1, 0.15) is 11.6 Å². The van der Waals surface area contributed by atoms with Gasteiger partial charge in [0.25, 0.3) is 0 Å². The molecule has 2 rings (SSSR count). The summed E-state index contributed by atoms with van der Waals surface area (Å²) >= 11 is 6.06. The molecule has 0 atom stereocenters. The Bertz CT molecular complexity index is 566. The number of rotatable bonds is 6. The number of halogens is 2. The molecule has 1 aromatic carbocycles. The van der Waals surface area contributed by atoms with Crippen molar-refractivity contribution >= 4 is 11.6 Å². The lowest BCUT2D eigenvalue weighted by molar-refractivity contribution is 0.533. The van der Waals surface area contributed by atoms with Gasteiger partial charge in [-0.05, 0) is 30.2 Å². The van der Waals surface area contributed by atoms with Crippen molar-refractivity contribution in [3.63, 3.8) is 0 Å². The van der Waals surface area contributed by atoms with E-state index >= 15 is 0 Å². The van der Waals surface area contributed by atoms with Gasteiger partial charge >= 0.3 is 0 Å². The molecule has 1 aromatic heterocycles. The minimum atomic E-state index is -0.316. The third kappa shape index (κ3) is 4.05. The summed E-state index contributed by atoms with van der Waals surface area (Å²) in [6.07, 6.45) is 3.68. The molecule has 0 saturated heterocycles. The Morgan fingerprint density at radius 1 is 1.40 bits per heavy atom. The first-order valence-electron chi connectivity index (χ1n) is 6.71. The predicted octanol–water partition coefficient (Wildman–Crippen LogP) is 3.47. The zero-order valence-corrected chi connectivity index (χ0v) is 12.5. The molecule has 0 amide bonds. The van der Waals surface area contributed by atoms with Gasteiger partial charge in [0.05, 0.1) is 13.1 Å². The summed E-state index contributed by atoms with van der Waals surface area (Å²) < 4.78 is 15.1. The van der Waals surface area contributed by atoms with Crippen LogP contribution in [0.5, 0.6) is 0 Å². The quantitative estimate of drug-likeness (QED) is 0.884. The lowest BCUT2D eigenvalue weighted by Gasteiger charge is -2.11. The summed E-state index contributed by atoms with van der Waals surface area (Å²) in [7, 11) is 0. The number of aromatic nitrogens is 2. The highest BCUT2D eigenvalue weighted by Crippen LogP contribution is 2.18. The summed E-state index contributed by atoms with van der Waals surface area (Å²) in [5.41, 5.74) is 0.885. The SMILES string of the molecule is CC(C)CNCc1nccn1Cc1ccc(F)cc1Cl. The van der Waals surface area contributed by atoms with Crippen molar-refractivity contribution in [2.45, 2.75) is 26.9 Å². The highest BCUT2D eigenvalue weighted by Gasteiger charge is 2.07. The number of hydrogen-bond acceptors (Lipinski definition) is 2. The standard InChI is InChI=1S/C15H19ClFN3/c1-11(2)8-18-9-15-19-5-6-20(15)10-12-3-4-13(17)7-14(12)16/h3-7,11,18H,8-10H2,1-2H3. The average molecular weight is 296 g/mol. The van der Waals surface area contributed by atoms with Gasteiger partial charge in [-0.2, -0.15) is 0 Å². The van der Waals surface area contributed by atoms with Gasteiger partial charge in [-0.1, -0.05) is 31.5 Å². The molecule has 20 heavy (non-hydrogen) atoms. The molecule has 3 nitrogen and oxygen atoms in total. The topological polar surface area (TPSA) is 29.9 Å². The third-order valence-corrected chi connectivity index (χ3v) is 3.35. The molecule has 0 unspecified atom stereocenters. The molecule has 0 aliphatic carbocycles. The Hall–Kier alpha value is -1.39. The molecule has 2 aromatic rings. The van der Waals surface area contributed by atoms with Gasteiger partial charge in [-0.25, -0.2) is 9.37 Å². The molecule has 108 valence electrons. The van der Waals surface area contributed by atoms with Gasteiger partial charge in [-0.3, -0.25) is 0 Å². The van der Waals surface area contributed by atoms with Crippen molar-refractivity contribution < 1.29 is 4.39 Å². The highest BCUT2D eigenvalue weighted by atomic mass is 35.5. The van der Waals surface area contributed by atoms with Gasteiger partial charge in [0.15, 0.2) is 0 Å². The van der Waals surface area contributed by atoms with Gasteiger partial charge < -0.3 is 9.88 Å². The molecular formula is C15H19ClFN3. The van der Waals surface area contributed by atoms with E-state index in [0.717, 1.165) is 17.9 Å². The van der Waals surface area contributed by atoms with Crippen molar-refractivity contribution in [3.8, 4) is 0 Å². The fraction of sp³-hybridized carbons (Fsp3) is 0.400. The average Bonchev–Trinajstić information content (AvgIpc) is 2.80. The van der Waals surface area contributed by atoms with Crippen molar-refractivity contribution in [2.24, 2.45) is 5.92 Å². The van der Waals surface area contributed by atoms with E-state index < -0.39 is 0 Å². The second kappa shape index (κ2) is 6.86. The van der Waals surface area contributed by atoms with E-state index in [2.05, 4.69) is 24.1 Å². The lowest BCUT2D eigenvalue weighted by atomic mass is 10.2. The maximum Gasteiger partial charge on any atom is 0.124 e. The normalized spacial score (nSPS) is 11.2. The van der Waals surface area contributed by atoms with E-state index in [1.54, 1.807) is 12.3 Å². The molecule has 1 N–H and O–H groups in total. The maximum atomic E-state index is 13.0. The summed E-state index contributed by atoms with van der Waals surface area (Å²) in [5.74, 6) is 1.24. The number of imidazole rings is 1. The van der Waals surface area contributed by atoms with Crippen molar-refractivity contribution in [1.29, 1.82) is 0 Å². The van der Waals surface area contributed by atoms with Gasteiger partial charge in [-0.15, -0.1) is 0 Å². The second-order valence-corrected chi connectivity index (χ2v) is 5.64. The summed E-state index contributed by atoms with van der Waals surface area (Å²) in [4.78, 5) is 4.34. The summed E-state index contributed by atoms with van der Waals surface area (Å²) in [6.45, 7) is 6.58. The van der Waals surface area contributed by atoms with Crippen LogP contribution >= 0.6 is 11.6 Å². The Kier molecular flexibility index (Phi) is 5.15.